The molecule has 7 heteroatoms. The summed E-state index contributed by atoms with van der Waals surface area (Å²) in [6, 6.07) is 3.28. The van der Waals surface area contributed by atoms with E-state index in [-0.39, 0.29) is 38.2 Å². The first kappa shape index (κ1) is 14.7. The Hall–Kier alpha value is -2.38. The number of nitrogens with zero attached hydrogens (tertiary/aromatic N) is 3. The predicted octanol–water partition coefficient (Wildman–Crippen LogP) is 3.11. The van der Waals surface area contributed by atoms with Gasteiger partial charge in [0.05, 0.1) is 9.40 Å². The quantitative estimate of drug-likeness (QED) is 0.511. The van der Waals surface area contributed by atoms with Gasteiger partial charge in [-0.1, -0.05) is 0 Å². The molecule has 0 radical (unpaired) electrons. The number of allylic oxidation sites excluding steroid dienone is 1. The first-order chi connectivity index (χ1) is 8.84. The van der Waals surface area contributed by atoms with Gasteiger partial charge in [-0.15, -0.1) is 0 Å². The molecule has 0 aliphatic carbocycles. The fourth-order valence-electron chi connectivity index (χ4n) is 1.67. The van der Waals surface area contributed by atoms with Gasteiger partial charge in [0.1, 0.15) is 23.5 Å². The molecule has 0 bridgehead atoms. The molecule has 0 atom stereocenters. The fraction of sp³-hybridized carbons (Fsp3) is 0.167. The highest BCUT2D eigenvalue weighted by Gasteiger charge is 2.24. The molecular formula is C12H8BrN3O3. The SMILES string of the molecule is Cc1c(Br)c(O)c(C=C(C#N)C#N)c(C)c1[N+](=O)[O-]. The molecule has 0 amide bonds. The lowest BCUT2D eigenvalue weighted by molar-refractivity contribution is -0.386. The van der Waals surface area contributed by atoms with Crippen LogP contribution in [0.15, 0.2) is 10.0 Å². The van der Waals surface area contributed by atoms with E-state index < -0.39 is 4.92 Å². The van der Waals surface area contributed by atoms with Crippen molar-refractivity contribution >= 4 is 27.7 Å². The van der Waals surface area contributed by atoms with Crippen LogP contribution in [0.25, 0.3) is 6.08 Å². The third-order valence-electron chi connectivity index (χ3n) is 2.62. The number of phenolic OH excluding ortho intramolecular Hbond substituents is 1. The highest BCUT2D eigenvalue weighted by Crippen LogP contribution is 2.41. The number of aromatic hydroxyl groups is 1. The average molecular weight is 322 g/mol. The zero-order valence-electron chi connectivity index (χ0n) is 10.1. The van der Waals surface area contributed by atoms with E-state index in [1.54, 1.807) is 12.1 Å². The Labute approximate surface area is 117 Å². The van der Waals surface area contributed by atoms with Crippen LogP contribution in [0.1, 0.15) is 16.7 Å². The van der Waals surface area contributed by atoms with Crippen LogP contribution >= 0.6 is 15.9 Å². The molecule has 6 nitrogen and oxygen atoms in total. The normalized spacial score (nSPS) is 9.32. The summed E-state index contributed by atoms with van der Waals surface area (Å²) in [5.74, 6) is -0.233. The predicted molar refractivity (Wildman–Crippen MR) is 71.1 cm³/mol. The Morgan fingerprint density at radius 2 is 1.89 bits per heavy atom. The van der Waals surface area contributed by atoms with Crippen molar-refractivity contribution in [2.75, 3.05) is 0 Å². The third-order valence-corrected chi connectivity index (χ3v) is 3.59. The van der Waals surface area contributed by atoms with E-state index in [1.807, 2.05) is 0 Å². The van der Waals surface area contributed by atoms with Crippen molar-refractivity contribution in [2.45, 2.75) is 13.8 Å². The van der Waals surface area contributed by atoms with Crippen LogP contribution in [0.2, 0.25) is 0 Å². The number of phenols is 1. The molecule has 1 rings (SSSR count). The first-order valence-corrected chi connectivity index (χ1v) is 5.82. The smallest absolute Gasteiger partial charge is 0.277 e. The molecule has 0 saturated carbocycles. The minimum atomic E-state index is -0.565. The van der Waals surface area contributed by atoms with Gasteiger partial charge in [0.15, 0.2) is 0 Å². The number of nitriles is 2. The van der Waals surface area contributed by atoms with Gasteiger partial charge in [-0.05, 0) is 35.9 Å². The summed E-state index contributed by atoms with van der Waals surface area (Å²) in [6.07, 6.45) is 1.13. The van der Waals surface area contributed by atoms with Gasteiger partial charge in [0.2, 0.25) is 0 Å². The van der Waals surface area contributed by atoms with Crippen LogP contribution in [0.5, 0.6) is 5.75 Å². The van der Waals surface area contributed by atoms with Crippen LogP contribution in [0, 0.1) is 46.6 Å². The van der Waals surface area contributed by atoms with Gasteiger partial charge < -0.3 is 5.11 Å². The van der Waals surface area contributed by atoms with Crippen LogP contribution in [-0.2, 0) is 0 Å². The van der Waals surface area contributed by atoms with Crippen LogP contribution in [0.3, 0.4) is 0 Å². The average Bonchev–Trinajstić information content (AvgIpc) is 2.36. The lowest BCUT2D eigenvalue weighted by Crippen LogP contribution is -1.99. The van der Waals surface area contributed by atoms with Gasteiger partial charge in [-0.25, -0.2) is 0 Å². The van der Waals surface area contributed by atoms with Gasteiger partial charge in [0, 0.05) is 16.7 Å². The van der Waals surface area contributed by atoms with Crippen LogP contribution in [0.4, 0.5) is 5.69 Å². The molecule has 0 unspecified atom stereocenters. The monoisotopic (exact) mass is 321 g/mol. The molecule has 19 heavy (non-hydrogen) atoms. The number of halogens is 1. The first-order valence-electron chi connectivity index (χ1n) is 5.03. The molecule has 0 saturated heterocycles. The summed E-state index contributed by atoms with van der Waals surface area (Å²) >= 11 is 3.07. The number of hydrogen-bond donors (Lipinski definition) is 1. The molecule has 0 heterocycles. The Morgan fingerprint density at radius 3 is 2.32 bits per heavy atom. The number of hydrogen-bond acceptors (Lipinski definition) is 5. The number of benzene rings is 1. The van der Waals surface area contributed by atoms with E-state index in [9.17, 15) is 15.2 Å². The largest absolute Gasteiger partial charge is 0.506 e. The summed E-state index contributed by atoms with van der Waals surface area (Å²) in [4.78, 5) is 10.5. The summed E-state index contributed by atoms with van der Waals surface area (Å²) < 4.78 is 0.172. The van der Waals surface area contributed by atoms with E-state index in [0.29, 0.717) is 0 Å². The Kier molecular flexibility index (Phi) is 4.26. The number of nitro benzene ring substituents is 1. The fourth-order valence-corrected chi connectivity index (χ4v) is 2.07. The van der Waals surface area contributed by atoms with E-state index in [1.165, 1.54) is 13.8 Å². The molecule has 0 aromatic heterocycles. The molecule has 96 valence electrons. The Morgan fingerprint density at radius 1 is 1.37 bits per heavy atom. The minimum Gasteiger partial charge on any atom is -0.506 e. The Bertz CT molecular complexity index is 665. The molecular weight excluding hydrogens is 314 g/mol. The maximum atomic E-state index is 11.0. The molecule has 1 aromatic rings. The standard InChI is InChI=1S/C12H8BrN3O3/c1-6-9(3-8(4-14)5-15)12(17)10(13)7(2)11(6)16(18)19/h3,17H,1-2H3. The summed E-state index contributed by atoms with van der Waals surface area (Å²) in [6.45, 7) is 2.95. The van der Waals surface area contributed by atoms with E-state index in [4.69, 9.17) is 10.5 Å². The maximum Gasteiger partial charge on any atom is 0.277 e. The molecule has 0 fully saturated rings. The maximum absolute atomic E-state index is 11.0. The molecule has 0 aliphatic heterocycles. The molecule has 1 aromatic carbocycles. The zero-order chi connectivity index (χ0) is 14.7. The van der Waals surface area contributed by atoms with Crippen molar-refractivity contribution in [1.29, 1.82) is 10.5 Å². The van der Waals surface area contributed by atoms with E-state index in [0.717, 1.165) is 6.08 Å². The third kappa shape index (κ3) is 2.56. The second-order valence-electron chi connectivity index (χ2n) is 3.71. The van der Waals surface area contributed by atoms with Crippen molar-refractivity contribution in [2.24, 2.45) is 0 Å². The van der Waals surface area contributed by atoms with Crippen molar-refractivity contribution in [3.63, 3.8) is 0 Å². The van der Waals surface area contributed by atoms with Crippen molar-refractivity contribution in [3.05, 3.63) is 36.9 Å². The topological polar surface area (TPSA) is 111 Å². The lowest BCUT2D eigenvalue weighted by Gasteiger charge is -2.10. The van der Waals surface area contributed by atoms with E-state index >= 15 is 0 Å². The van der Waals surface area contributed by atoms with Gasteiger partial charge in [-0.2, -0.15) is 10.5 Å². The van der Waals surface area contributed by atoms with Crippen molar-refractivity contribution in [3.8, 4) is 17.9 Å². The van der Waals surface area contributed by atoms with Crippen LogP contribution < -0.4 is 0 Å². The van der Waals surface area contributed by atoms with Gasteiger partial charge in [0.25, 0.3) is 5.69 Å². The minimum absolute atomic E-state index is 0.0854. The second kappa shape index (κ2) is 5.51. The van der Waals surface area contributed by atoms with E-state index in [2.05, 4.69) is 15.9 Å². The second-order valence-corrected chi connectivity index (χ2v) is 4.51. The zero-order valence-corrected chi connectivity index (χ0v) is 11.6. The lowest BCUT2D eigenvalue weighted by atomic mass is 9.99. The molecule has 0 spiro atoms. The van der Waals surface area contributed by atoms with Gasteiger partial charge >= 0.3 is 0 Å². The highest BCUT2D eigenvalue weighted by molar-refractivity contribution is 9.10. The molecule has 1 N–H and O–H groups in total. The Balaban J connectivity index is 3.79. The summed E-state index contributed by atoms with van der Waals surface area (Å²) in [5, 5.41) is 38.4. The van der Waals surface area contributed by atoms with Crippen molar-refractivity contribution < 1.29 is 10.0 Å². The molecule has 0 aliphatic rings. The number of nitro groups is 1. The summed E-state index contributed by atoms with van der Waals surface area (Å²) in [5.41, 5.74) is 0.163. The number of rotatable bonds is 2. The summed E-state index contributed by atoms with van der Waals surface area (Å²) in [7, 11) is 0. The van der Waals surface area contributed by atoms with Gasteiger partial charge in [-0.3, -0.25) is 10.1 Å². The van der Waals surface area contributed by atoms with Crippen LogP contribution in [-0.4, -0.2) is 10.0 Å². The highest BCUT2D eigenvalue weighted by atomic mass is 79.9. The van der Waals surface area contributed by atoms with Crippen molar-refractivity contribution in [1.82, 2.24) is 0 Å².